The minimum atomic E-state index is -0.121. The molecule has 80 valence electrons. The largest absolute Gasteiger partial charge is 0.504 e. The lowest BCUT2D eigenvalue weighted by Crippen LogP contribution is -2.13. The van der Waals surface area contributed by atoms with Gasteiger partial charge in [0.2, 0.25) is 0 Å². The summed E-state index contributed by atoms with van der Waals surface area (Å²) in [6.45, 7) is 12.3. The van der Waals surface area contributed by atoms with Gasteiger partial charge in [0.1, 0.15) is 5.69 Å². The van der Waals surface area contributed by atoms with Crippen molar-refractivity contribution >= 4 is 0 Å². The highest BCUT2D eigenvalue weighted by Crippen LogP contribution is 2.36. The predicted octanol–water partition coefficient (Wildman–Crippen LogP) is 2.71. The average molecular weight is 196 g/mol. The normalized spacial score (nSPS) is 13.3. The second-order valence-corrected chi connectivity index (χ2v) is 5.80. The number of hydrogen-bond acceptors (Lipinski definition) is 2. The molecular weight excluding hydrogens is 176 g/mol. The van der Waals surface area contributed by atoms with Gasteiger partial charge in [-0.25, -0.2) is 0 Å². The Labute approximate surface area is 85.5 Å². The highest BCUT2D eigenvalue weighted by atomic mass is 16.3. The summed E-state index contributed by atoms with van der Waals surface area (Å²) in [6, 6.07) is 0. The molecule has 14 heavy (non-hydrogen) atoms. The van der Waals surface area contributed by atoms with Crippen molar-refractivity contribution in [1.29, 1.82) is 0 Å². The van der Waals surface area contributed by atoms with Crippen molar-refractivity contribution in [3.63, 3.8) is 0 Å². The van der Waals surface area contributed by atoms with E-state index in [0.717, 1.165) is 11.4 Å². The van der Waals surface area contributed by atoms with Crippen LogP contribution in [-0.4, -0.2) is 15.3 Å². The van der Waals surface area contributed by atoms with E-state index >= 15 is 0 Å². The molecule has 0 aromatic carbocycles. The summed E-state index contributed by atoms with van der Waals surface area (Å²) in [4.78, 5) is 0. The van der Waals surface area contributed by atoms with Crippen LogP contribution in [0.5, 0.6) is 5.75 Å². The zero-order valence-electron chi connectivity index (χ0n) is 9.89. The van der Waals surface area contributed by atoms with E-state index < -0.39 is 0 Å². The van der Waals surface area contributed by atoms with Gasteiger partial charge >= 0.3 is 0 Å². The number of nitrogens with one attached hydrogen (secondary N) is 1. The molecule has 0 fully saturated rings. The molecule has 0 bridgehead atoms. The minimum Gasteiger partial charge on any atom is -0.504 e. The highest BCUT2D eigenvalue weighted by Gasteiger charge is 2.28. The molecule has 1 aromatic heterocycles. The molecule has 0 saturated heterocycles. The van der Waals surface area contributed by atoms with Crippen molar-refractivity contribution in [3.8, 4) is 5.75 Å². The van der Waals surface area contributed by atoms with Crippen LogP contribution in [0.2, 0.25) is 0 Å². The molecule has 0 aliphatic rings. The van der Waals surface area contributed by atoms with E-state index in [1.807, 2.05) is 41.5 Å². The second-order valence-electron chi connectivity index (χ2n) is 5.80. The zero-order valence-corrected chi connectivity index (χ0v) is 9.89. The van der Waals surface area contributed by atoms with Crippen LogP contribution in [0.4, 0.5) is 0 Å². The van der Waals surface area contributed by atoms with Crippen LogP contribution >= 0.6 is 0 Å². The van der Waals surface area contributed by atoms with Gasteiger partial charge in [0, 0.05) is 10.8 Å². The zero-order chi connectivity index (χ0) is 11.1. The number of aromatic amines is 1. The monoisotopic (exact) mass is 196 g/mol. The third-order valence-electron chi connectivity index (χ3n) is 2.20. The van der Waals surface area contributed by atoms with Gasteiger partial charge in [-0.3, -0.25) is 5.10 Å². The lowest BCUT2D eigenvalue weighted by atomic mass is 9.87. The van der Waals surface area contributed by atoms with Crippen molar-refractivity contribution in [2.45, 2.75) is 52.4 Å². The topological polar surface area (TPSA) is 48.9 Å². The van der Waals surface area contributed by atoms with Gasteiger partial charge in [0.25, 0.3) is 0 Å². The van der Waals surface area contributed by atoms with Crippen molar-refractivity contribution in [2.24, 2.45) is 0 Å². The molecule has 1 heterocycles. The number of H-pyrrole nitrogens is 1. The molecule has 1 rings (SSSR count). The molecule has 0 radical (unpaired) electrons. The number of aromatic nitrogens is 2. The van der Waals surface area contributed by atoms with Crippen LogP contribution in [0.1, 0.15) is 52.9 Å². The number of rotatable bonds is 0. The molecular formula is C11H20N2O. The Morgan fingerprint density at radius 2 is 1.50 bits per heavy atom. The van der Waals surface area contributed by atoms with E-state index in [4.69, 9.17) is 0 Å². The summed E-state index contributed by atoms with van der Waals surface area (Å²) in [5.74, 6) is 0.310. The van der Waals surface area contributed by atoms with Crippen molar-refractivity contribution in [2.75, 3.05) is 0 Å². The van der Waals surface area contributed by atoms with Gasteiger partial charge in [-0.2, -0.15) is 5.10 Å². The summed E-state index contributed by atoms with van der Waals surface area (Å²) in [7, 11) is 0. The third kappa shape index (κ3) is 1.91. The Balaban J connectivity index is 3.23. The van der Waals surface area contributed by atoms with Gasteiger partial charge in [-0.15, -0.1) is 0 Å². The Morgan fingerprint density at radius 3 is 1.71 bits per heavy atom. The van der Waals surface area contributed by atoms with E-state index in [-0.39, 0.29) is 10.8 Å². The molecule has 2 N–H and O–H groups in total. The van der Waals surface area contributed by atoms with Crippen LogP contribution in [0.15, 0.2) is 0 Å². The summed E-state index contributed by atoms with van der Waals surface area (Å²) in [5.41, 5.74) is 1.33. The molecule has 0 aliphatic heterocycles. The van der Waals surface area contributed by atoms with Crippen LogP contribution in [0, 0.1) is 0 Å². The molecule has 0 spiro atoms. The first-order chi connectivity index (χ1) is 6.14. The summed E-state index contributed by atoms with van der Waals surface area (Å²) >= 11 is 0. The lowest BCUT2D eigenvalue weighted by molar-refractivity contribution is 0.424. The van der Waals surface area contributed by atoms with Crippen molar-refractivity contribution in [3.05, 3.63) is 11.4 Å². The standard InChI is InChI=1S/C11H20N2O/c1-10(2,3)8-7(14)9(13-12-8)11(4,5)6/h14H,1-6H3,(H,12,13). The van der Waals surface area contributed by atoms with Gasteiger partial charge < -0.3 is 5.11 Å². The fourth-order valence-corrected chi connectivity index (χ4v) is 1.38. The third-order valence-corrected chi connectivity index (χ3v) is 2.20. The second kappa shape index (κ2) is 3.01. The van der Waals surface area contributed by atoms with Crippen LogP contribution in [-0.2, 0) is 10.8 Å². The molecule has 0 atom stereocenters. The van der Waals surface area contributed by atoms with Gasteiger partial charge in [-0.1, -0.05) is 41.5 Å². The van der Waals surface area contributed by atoms with Crippen molar-refractivity contribution in [1.82, 2.24) is 10.2 Å². The number of nitrogens with zero attached hydrogens (tertiary/aromatic N) is 1. The Hall–Kier alpha value is -0.990. The van der Waals surface area contributed by atoms with E-state index in [2.05, 4.69) is 10.2 Å². The first kappa shape index (κ1) is 11.1. The van der Waals surface area contributed by atoms with E-state index in [1.54, 1.807) is 0 Å². The van der Waals surface area contributed by atoms with E-state index in [9.17, 15) is 5.11 Å². The molecule has 0 amide bonds. The van der Waals surface area contributed by atoms with Crippen LogP contribution in [0.3, 0.4) is 0 Å². The van der Waals surface area contributed by atoms with Gasteiger partial charge in [0.05, 0.1) is 5.69 Å². The SMILES string of the molecule is CC(C)(C)c1n[nH]c(C(C)(C)C)c1O. The number of hydrogen-bond donors (Lipinski definition) is 2. The maximum absolute atomic E-state index is 10.0. The quantitative estimate of drug-likeness (QED) is 0.670. The Morgan fingerprint density at radius 1 is 1.00 bits per heavy atom. The fourth-order valence-electron chi connectivity index (χ4n) is 1.38. The molecule has 3 nitrogen and oxygen atoms in total. The van der Waals surface area contributed by atoms with Crippen molar-refractivity contribution < 1.29 is 5.11 Å². The molecule has 1 aromatic rings. The van der Waals surface area contributed by atoms with Gasteiger partial charge in [0.15, 0.2) is 5.75 Å². The van der Waals surface area contributed by atoms with Crippen LogP contribution in [0.25, 0.3) is 0 Å². The molecule has 0 saturated carbocycles. The lowest BCUT2D eigenvalue weighted by Gasteiger charge is -2.18. The predicted molar refractivity (Wildman–Crippen MR) is 57.7 cm³/mol. The van der Waals surface area contributed by atoms with Gasteiger partial charge in [-0.05, 0) is 0 Å². The smallest absolute Gasteiger partial charge is 0.160 e. The first-order valence-electron chi connectivity index (χ1n) is 4.92. The summed E-state index contributed by atoms with van der Waals surface area (Å²) in [5, 5.41) is 17.1. The average Bonchev–Trinajstić information content (AvgIpc) is 2.26. The van der Waals surface area contributed by atoms with E-state index in [1.165, 1.54) is 0 Å². The Bertz CT molecular complexity index is 295. The summed E-state index contributed by atoms with van der Waals surface area (Å²) in [6.07, 6.45) is 0. The summed E-state index contributed by atoms with van der Waals surface area (Å²) < 4.78 is 0. The van der Waals surface area contributed by atoms with Crippen LogP contribution < -0.4 is 0 Å². The maximum atomic E-state index is 10.0. The van der Waals surface area contributed by atoms with E-state index in [0.29, 0.717) is 5.75 Å². The molecule has 3 heteroatoms. The fraction of sp³-hybridized carbons (Fsp3) is 0.727. The Kier molecular flexibility index (Phi) is 2.38. The molecule has 0 aliphatic carbocycles. The number of aromatic hydroxyl groups is 1. The highest BCUT2D eigenvalue weighted by molar-refractivity contribution is 5.39. The maximum Gasteiger partial charge on any atom is 0.160 e. The minimum absolute atomic E-state index is 0.0966. The first-order valence-corrected chi connectivity index (χ1v) is 4.92. The molecule has 0 unspecified atom stereocenters.